The smallest absolute Gasteiger partial charge is 0.243 e. The average Bonchev–Trinajstić information content (AvgIpc) is 2.76. The lowest BCUT2D eigenvalue weighted by Gasteiger charge is -2.23. The zero-order chi connectivity index (χ0) is 25.8. The number of hydrogen-bond donors (Lipinski definition) is 6. The van der Waals surface area contributed by atoms with Crippen molar-refractivity contribution in [2.75, 3.05) is 52.5 Å². The normalized spacial score (nSPS) is 12.3. The fraction of sp³-hybridized carbons (Fsp3) is 0.800. The third kappa shape index (κ3) is 16.7. The van der Waals surface area contributed by atoms with E-state index in [4.69, 9.17) is 10.3 Å². The van der Waals surface area contributed by atoms with Crippen LogP contribution in [0.4, 0.5) is 0 Å². The first-order chi connectivity index (χ1) is 16.2. The van der Waals surface area contributed by atoms with Crippen molar-refractivity contribution in [1.82, 2.24) is 26.6 Å². The Morgan fingerprint density at radius 1 is 0.971 bits per heavy atom. The Morgan fingerprint density at radius 3 is 2.32 bits per heavy atom. The Balaban J connectivity index is 4.99. The van der Waals surface area contributed by atoms with Gasteiger partial charge >= 0.3 is 0 Å². The SMILES string of the molecule is CC(=O)N[C@H](CC(C)C)C(=O)N[C@@H](CC(=O)NCCNCC[NH3+])C(=O)NCCOCCN=[N+]=[N-]. The number of amides is 4. The number of rotatable bonds is 19. The van der Waals surface area contributed by atoms with E-state index in [0.717, 1.165) is 13.1 Å². The van der Waals surface area contributed by atoms with Crippen LogP contribution in [0, 0.1) is 5.92 Å². The van der Waals surface area contributed by atoms with Gasteiger partial charge in [0.1, 0.15) is 12.1 Å². The summed E-state index contributed by atoms with van der Waals surface area (Å²) in [6.07, 6.45) is 0.113. The molecule has 14 heteroatoms. The molecule has 0 aromatic carbocycles. The number of nitrogens with zero attached hydrogens (tertiary/aromatic N) is 3. The van der Waals surface area contributed by atoms with Gasteiger partial charge in [-0.3, -0.25) is 19.2 Å². The minimum absolute atomic E-state index is 0.117. The first kappa shape index (κ1) is 31.1. The van der Waals surface area contributed by atoms with Gasteiger partial charge in [0.15, 0.2) is 0 Å². The van der Waals surface area contributed by atoms with E-state index >= 15 is 0 Å². The maximum atomic E-state index is 12.8. The third-order valence-electron chi connectivity index (χ3n) is 4.35. The molecule has 8 N–H and O–H groups in total. The minimum Gasteiger partial charge on any atom is -0.379 e. The number of quaternary nitrogens is 1. The van der Waals surface area contributed by atoms with Gasteiger partial charge in [0.25, 0.3) is 0 Å². The van der Waals surface area contributed by atoms with Gasteiger partial charge in [0.05, 0.1) is 26.2 Å². The van der Waals surface area contributed by atoms with E-state index in [1.165, 1.54) is 6.92 Å². The Hall–Kier alpha value is -2.93. The second-order valence-electron chi connectivity index (χ2n) is 7.96. The van der Waals surface area contributed by atoms with Gasteiger partial charge in [-0.05, 0) is 17.9 Å². The van der Waals surface area contributed by atoms with E-state index < -0.39 is 29.8 Å². The number of carbonyl (C=O) groups excluding carboxylic acids is 4. The maximum absolute atomic E-state index is 12.8. The maximum Gasteiger partial charge on any atom is 0.243 e. The molecule has 0 aromatic rings. The van der Waals surface area contributed by atoms with Crippen LogP contribution in [0.3, 0.4) is 0 Å². The molecule has 0 saturated heterocycles. The van der Waals surface area contributed by atoms with E-state index in [9.17, 15) is 19.2 Å². The molecule has 14 nitrogen and oxygen atoms in total. The largest absolute Gasteiger partial charge is 0.379 e. The van der Waals surface area contributed by atoms with Crippen LogP contribution >= 0.6 is 0 Å². The van der Waals surface area contributed by atoms with Gasteiger partial charge in [-0.1, -0.05) is 19.0 Å². The van der Waals surface area contributed by atoms with Crippen molar-refractivity contribution in [2.45, 2.75) is 45.7 Å². The first-order valence-electron chi connectivity index (χ1n) is 11.4. The standard InChI is InChI=1S/C20H39N9O5/c1-14(2)12-16(27-15(3)30)20(33)28-17(13-18(31)24-7-6-23-5-4-21)19(32)25-8-10-34-11-9-26-29-22/h14,16-17,23H,4-13,21H2,1-3H3,(H,24,31)(H,25,32)(H,27,30)(H,28,33)/p+1/t16-,17+/m1/s1. The Bertz CT molecular complexity index is 683. The highest BCUT2D eigenvalue weighted by atomic mass is 16.5. The molecule has 0 aromatic heterocycles. The summed E-state index contributed by atoms with van der Waals surface area (Å²) in [6, 6.07) is -1.96. The first-order valence-corrected chi connectivity index (χ1v) is 11.4. The van der Waals surface area contributed by atoms with E-state index in [-0.39, 0.29) is 44.5 Å². The van der Waals surface area contributed by atoms with Crippen molar-refractivity contribution in [3.8, 4) is 0 Å². The second-order valence-corrected chi connectivity index (χ2v) is 7.96. The van der Waals surface area contributed by atoms with Crippen LogP contribution in [0.15, 0.2) is 5.11 Å². The number of azide groups is 1. The van der Waals surface area contributed by atoms with E-state index in [0.29, 0.717) is 19.5 Å². The third-order valence-corrected chi connectivity index (χ3v) is 4.35. The second kappa shape index (κ2) is 19.5. The zero-order valence-corrected chi connectivity index (χ0v) is 20.4. The van der Waals surface area contributed by atoms with E-state index in [1.807, 2.05) is 13.8 Å². The Labute approximate surface area is 200 Å². The van der Waals surface area contributed by atoms with Gasteiger partial charge in [-0.2, -0.15) is 0 Å². The molecule has 0 unspecified atom stereocenters. The van der Waals surface area contributed by atoms with Crippen molar-refractivity contribution in [3.05, 3.63) is 10.4 Å². The summed E-state index contributed by atoms with van der Waals surface area (Å²) in [7, 11) is 0. The summed E-state index contributed by atoms with van der Waals surface area (Å²) in [5, 5.41) is 16.9. The monoisotopic (exact) mass is 486 g/mol. The van der Waals surface area contributed by atoms with Gasteiger partial charge in [-0.25, -0.2) is 0 Å². The lowest BCUT2D eigenvalue weighted by Crippen LogP contribution is -2.55. The molecule has 0 bridgehead atoms. The lowest BCUT2D eigenvalue weighted by molar-refractivity contribution is -0.365. The molecular weight excluding hydrogens is 446 g/mol. The molecule has 0 aliphatic rings. The van der Waals surface area contributed by atoms with Crippen molar-refractivity contribution in [3.63, 3.8) is 0 Å². The topological polar surface area (TPSA) is 214 Å². The summed E-state index contributed by atoms with van der Waals surface area (Å²) in [5.41, 5.74) is 11.9. The predicted molar refractivity (Wildman–Crippen MR) is 125 cm³/mol. The van der Waals surface area contributed by atoms with Crippen LogP contribution in [0.5, 0.6) is 0 Å². The number of carbonyl (C=O) groups is 4. The van der Waals surface area contributed by atoms with Crippen LogP contribution in [0.2, 0.25) is 0 Å². The quantitative estimate of drug-likeness (QED) is 0.0515. The Morgan fingerprint density at radius 2 is 1.71 bits per heavy atom. The molecule has 4 amide bonds. The van der Waals surface area contributed by atoms with Gasteiger partial charge in [0.2, 0.25) is 23.6 Å². The molecule has 0 fully saturated rings. The molecule has 34 heavy (non-hydrogen) atoms. The summed E-state index contributed by atoms with van der Waals surface area (Å²) >= 11 is 0. The molecule has 2 atom stereocenters. The van der Waals surface area contributed by atoms with Crippen molar-refractivity contribution in [2.24, 2.45) is 11.0 Å². The van der Waals surface area contributed by atoms with Crippen LogP contribution < -0.4 is 32.3 Å². The fourth-order valence-electron chi connectivity index (χ4n) is 2.85. The van der Waals surface area contributed by atoms with E-state index in [2.05, 4.69) is 42.3 Å². The molecule has 0 aliphatic carbocycles. The van der Waals surface area contributed by atoms with Crippen molar-refractivity contribution < 1.29 is 29.6 Å². The highest BCUT2D eigenvalue weighted by Crippen LogP contribution is 2.06. The molecule has 0 saturated carbocycles. The van der Waals surface area contributed by atoms with E-state index in [1.54, 1.807) is 0 Å². The highest BCUT2D eigenvalue weighted by Gasteiger charge is 2.28. The van der Waals surface area contributed by atoms with Gasteiger partial charge < -0.3 is 37.1 Å². The van der Waals surface area contributed by atoms with Gasteiger partial charge in [-0.15, -0.1) is 0 Å². The molecule has 0 rings (SSSR count). The molecule has 0 radical (unpaired) electrons. The minimum atomic E-state index is -1.13. The number of hydrogen-bond acceptors (Lipinski definition) is 7. The van der Waals surface area contributed by atoms with Crippen LogP contribution in [-0.4, -0.2) is 88.2 Å². The lowest BCUT2D eigenvalue weighted by atomic mass is 10.0. The molecule has 0 heterocycles. The molecular formula is C20H40N9O5+. The summed E-state index contributed by atoms with van der Waals surface area (Å²) < 4.78 is 5.23. The van der Waals surface area contributed by atoms with Crippen LogP contribution in [0.25, 0.3) is 10.4 Å². The fourth-order valence-corrected chi connectivity index (χ4v) is 2.85. The Kier molecular flexibility index (Phi) is 17.8. The van der Waals surface area contributed by atoms with Crippen molar-refractivity contribution >= 4 is 23.6 Å². The number of ether oxygens (including phenoxy) is 1. The van der Waals surface area contributed by atoms with Crippen molar-refractivity contribution in [1.29, 1.82) is 0 Å². The van der Waals surface area contributed by atoms with Crippen LogP contribution in [0.1, 0.15) is 33.6 Å². The predicted octanol–water partition coefficient (Wildman–Crippen LogP) is -2.20. The average molecular weight is 487 g/mol. The summed E-state index contributed by atoms with van der Waals surface area (Å²) in [4.78, 5) is 52.0. The molecule has 0 spiro atoms. The molecule has 194 valence electrons. The highest BCUT2D eigenvalue weighted by molar-refractivity contribution is 5.94. The van der Waals surface area contributed by atoms with Gasteiger partial charge in [0, 0.05) is 44.6 Å². The van der Waals surface area contributed by atoms with Crippen LogP contribution in [-0.2, 0) is 23.9 Å². The molecule has 0 aliphatic heterocycles. The summed E-state index contributed by atoms with van der Waals surface area (Å²) in [5.74, 6) is -1.75. The number of nitrogens with one attached hydrogen (secondary N) is 5. The summed E-state index contributed by atoms with van der Waals surface area (Å²) in [6.45, 7) is 8.17. The zero-order valence-electron chi connectivity index (χ0n) is 20.4.